The summed E-state index contributed by atoms with van der Waals surface area (Å²) in [5, 5.41) is 0. The van der Waals surface area contributed by atoms with Crippen LogP contribution in [0.2, 0.25) is 0 Å². The van der Waals surface area contributed by atoms with Gasteiger partial charge in [0.1, 0.15) is 0 Å². The van der Waals surface area contributed by atoms with E-state index in [1.807, 2.05) is 0 Å². The van der Waals surface area contributed by atoms with Gasteiger partial charge in [-0.05, 0) is 0 Å². The average molecular weight is 342 g/mol. The van der Waals surface area contributed by atoms with Gasteiger partial charge in [0.25, 0.3) is 0 Å². The highest BCUT2D eigenvalue weighted by molar-refractivity contribution is 5.72. The molecule has 0 amide bonds. The van der Waals surface area contributed by atoms with Gasteiger partial charge in [-0.25, -0.2) is 13.2 Å². The highest BCUT2D eigenvalue weighted by Gasteiger charge is 2.28. The maximum atomic E-state index is 13.3. The summed E-state index contributed by atoms with van der Waals surface area (Å²) in [5.41, 5.74) is 0. The lowest BCUT2D eigenvalue weighted by atomic mass is 10.2. The molecule has 0 aliphatic heterocycles. The van der Waals surface area contributed by atoms with Crippen LogP contribution in [0.4, 0.5) is 22.0 Å². The highest BCUT2D eigenvalue weighted by atomic mass is 19.2. The van der Waals surface area contributed by atoms with Crippen molar-refractivity contribution in [2.24, 2.45) is 0 Å². The summed E-state index contributed by atoms with van der Waals surface area (Å²) in [4.78, 5) is 22.0. The minimum absolute atomic E-state index is 0.0802. The minimum atomic E-state index is -2.36. The Morgan fingerprint density at radius 2 is 1.22 bits per heavy atom. The molecule has 0 spiro atoms. The Hall–Kier alpha value is -2.23. The molecule has 0 aromatic heterocycles. The standard InChI is InChI=1S/C13H11F5O5/c1-21-6(19)2-4-22-5-3-7(20)23-13-11(17)9(15)8(14)10(16)12(13)18/h2-5H2,1H3. The van der Waals surface area contributed by atoms with Crippen molar-refractivity contribution >= 4 is 11.9 Å². The van der Waals surface area contributed by atoms with Crippen molar-refractivity contribution in [2.75, 3.05) is 20.3 Å². The number of methoxy groups -OCH3 is 1. The third-order valence-corrected chi connectivity index (χ3v) is 2.51. The molecule has 0 bridgehead atoms. The molecule has 128 valence electrons. The maximum Gasteiger partial charge on any atom is 0.313 e. The summed E-state index contributed by atoms with van der Waals surface area (Å²) in [6, 6.07) is 0. The lowest BCUT2D eigenvalue weighted by Gasteiger charge is -2.09. The molecular weight excluding hydrogens is 331 g/mol. The Balaban J connectivity index is 2.57. The first-order valence-corrected chi connectivity index (χ1v) is 6.16. The van der Waals surface area contributed by atoms with E-state index in [0.717, 1.165) is 0 Å². The van der Waals surface area contributed by atoms with Crippen molar-refractivity contribution in [3.8, 4) is 5.75 Å². The first-order chi connectivity index (χ1) is 10.8. The molecule has 0 heterocycles. The van der Waals surface area contributed by atoms with Crippen LogP contribution in [0.25, 0.3) is 0 Å². The largest absolute Gasteiger partial charge is 0.469 e. The van der Waals surface area contributed by atoms with Gasteiger partial charge in [-0.1, -0.05) is 0 Å². The molecule has 0 unspecified atom stereocenters. The molecule has 0 aliphatic rings. The predicted octanol–water partition coefficient (Wildman–Crippen LogP) is 2.26. The Bertz CT molecular complexity index is 576. The maximum absolute atomic E-state index is 13.3. The number of halogens is 5. The molecule has 1 rings (SSSR count). The van der Waals surface area contributed by atoms with Gasteiger partial charge in [-0.2, -0.15) is 8.78 Å². The van der Waals surface area contributed by atoms with E-state index in [0.29, 0.717) is 0 Å². The molecule has 1 aromatic carbocycles. The van der Waals surface area contributed by atoms with Crippen molar-refractivity contribution in [1.29, 1.82) is 0 Å². The second-order valence-electron chi connectivity index (χ2n) is 4.06. The Morgan fingerprint density at radius 3 is 1.70 bits per heavy atom. The van der Waals surface area contributed by atoms with Crippen LogP contribution in [0.15, 0.2) is 0 Å². The van der Waals surface area contributed by atoms with Crippen LogP contribution in [-0.4, -0.2) is 32.3 Å². The molecule has 0 aliphatic carbocycles. The number of hydrogen-bond donors (Lipinski definition) is 0. The molecule has 0 atom stereocenters. The minimum Gasteiger partial charge on any atom is -0.469 e. The van der Waals surface area contributed by atoms with Gasteiger partial charge in [0.2, 0.25) is 34.8 Å². The molecule has 0 saturated heterocycles. The number of hydrogen-bond acceptors (Lipinski definition) is 5. The monoisotopic (exact) mass is 342 g/mol. The molecule has 10 heteroatoms. The molecule has 0 saturated carbocycles. The fraction of sp³-hybridized carbons (Fsp3) is 0.385. The molecule has 0 radical (unpaired) electrons. The van der Waals surface area contributed by atoms with E-state index in [1.165, 1.54) is 7.11 Å². The van der Waals surface area contributed by atoms with Gasteiger partial charge in [0.05, 0.1) is 33.2 Å². The smallest absolute Gasteiger partial charge is 0.313 e. The van der Waals surface area contributed by atoms with E-state index < -0.39 is 53.2 Å². The fourth-order valence-corrected chi connectivity index (χ4v) is 1.35. The molecular formula is C13H11F5O5. The van der Waals surface area contributed by atoms with Crippen LogP contribution in [-0.2, 0) is 19.1 Å². The van der Waals surface area contributed by atoms with Gasteiger partial charge in [-0.15, -0.1) is 0 Å². The van der Waals surface area contributed by atoms with Crippen LogP contribution in [0, 0.1) is 29.1 Å². The second-order valence-corrected chi connectivity index (χ2v) is 4.06. The van der Waals surface area contributed by atoms with Gasteiger partial charge in [0, 0.05) is 0 Å². The highest BCUT2D eigenvalue weighted by Crippen LogP contribution is 2.29. The third-order valence-electron chi connectivity index (χ3n) is 2.51. The summed E-state index contributed by atoms with van der Waals surface area (Å²) in [5.74, 6) is -14.8. The fourth-order valence-electron chi connectivity index (χ4n) is 1.35. The molecule has 5 nitrogen and oxygen atoms in total. The van der Waals surface area contributed by atoms with E-state index in [4.69, 9.17) is 4.74 Å². The first-order valence-electron chi connectivity index (χ1n) is 6.16. The van der Waals surface area contributed by atoms with Gasteiger partial charge < -0.3 is 14.2 Å². The summed E-state index contributed by atoms with van der Waals surface area (Å²) in [6.07, 6.45) is -0.607. The zero-order chi connectivity index (χ0) is 17.6. The number of esters is 2. The molecule has 0 fully saturated rings. The number of carbonyl (C=O) groups is 2. The first kappa shape index (κ1) is 18.8. The SMILES string of the molecule is COC(=O)CCOCCC(=O)Oc1c(F)c(F)c(F)c(F)c1F. The quantitative estimate of drug-likeness (QED) is 0.190. The van der Waals surface area contributed by atoms with Crippen LogP contribution in [0.3, 0.4) is 0 Å². The van der Waals surface area contributed by atoms with E-state index in [2.05, 4.69) is 9.47 Å². The number of rotatable bonds is 7. The third kappa shape index (κ3) is 4.88. The van der Waals surface area contributed by atoms with Crippen LogP contribution in [0.1, 0.15) is 12.8 Å². The summed E-state index contributed by atoms with van der Waals surface area (Å²) >= 11 is 0. The van der Waals surface area contributed by atoms with Crippen LogP contribution >= 0.6 is 0 Å². The number of benzene rings is 1. The summed E-state index contributed by atoms with van der Waals surface area (Å²) in [7, 11) is 1.17. The predicted molar refractivity (Wildman–Crippen MR) is 63.9 cm³/mol. The van der Waals surface area contributed by atoms with Crippen molar-refractivity contribution in [1.82, 2.24) is 0 Å². The lowest BCUT2D eigenvalue weighted by Crippen LogP contribution is -2.16. The van der Waals surface area contributed by atoms with Crippen molar-refractivity contribution in [2.45, 2.75) is 12.8 Å². The zero-order valence-electron chi connectivity index (χ0n) is 11.8. The van der Waals surface area contributed by atoms with E-state index in [1.54, 1.807) is 0 Å². The molecule has 23 heavy (non-hydrogen) atoms. The van der Waals surface area contributed by atoms with Crippen molar-refractivity contribution < 1.29 is 45.8 Å². The Labute approximate surface area is 126 Å². The summed E-state index contributed by atoms with van der Waals surface area (Å²) in [6.45, 7) is -0.367. The van der Waals surface area contributed by atoms with Gasteiger partial charge in [0.15, 0.2) is 0 Å². The van der Waals surface area contributed by atoms with Gasteiger partial charge >= 0.3 is 11.9 Å². The Kier molecular flexibility index (Phi) is 6.89. The van der Waals surface area contributed by atoms with E-state index in [-0.39, 0.29) is 19.6 Å². The van der Waals surface area contributed by atoms with Crippen molar-refractivity contribution in [3.05, 3.63) is 29.1 Å². The van der Waals surface area contributed by atoms with Crippen LogP contribution in [0.5, 0.6) is 5.75 Å². The van der Waals surface area contributed by atoms with Crippen LogP contribution < -0.4 is 4.74 Å². The average Bonchev–Trinajstić information content (AvgIpc) is 2.54. The molecule has 0 N–H and O–H groups in total. The normalized spacial score (nSPS) is 10.5. The Morgan fingerprint density at radius 1 is 0.783 bits per heavy atom. The molecule has 1 aromatic rings. The van der Waals surface area contributed by atoms with E-state index >= 15 is 0 Å². The number of ether oxygens (including phenoxy) is 3. The van der Waals surface area contributed by atoms with Gasteiger partial charge in [-0.3, -0.25) is 9.59 Å². The lowest BCUT2D eigenvalue weighted by molar-refractivity contribution is -0.141. The number of carbonyl (C=O) groups excluding carboxylic acids is 2. The van der Waals surface area contributed by atoms with Crippen molar-refractivity contribution in [3.63, 3.8) is 0 Å². The topological polar surface area (TPSA) is 61.8 Å². The zero-order valence-corrected chi connectivity index (χ0v) is 11.8. The summed E-state index contributed by atoms with van der Waals surface area (Å²) < 4.78 is 78.4. The van der Waals surface area contributed by atoms with E-state index in [9.17, 15) is 31.5 Å². The second kappa shape index (κ2) is 8.42.